The molecule has 0 radical (unpaired) electrons. The van der Waals surface area contributed by atoms with Gasteiger partial charge in [-0.05, 0) is 51.4 Å². The van der Waals surface area contributed by atoms with Crippen molar-refractivity contribution in [3.8, 4) is 0 Å². The van der Waals surface area contributed by atoms with Crippen molar-refractivity contribution in [3.05, 3.63) is 36.5 Å². The number of hydrogen-bond donors (Lipinski definition) is 6. The number of carbonyl (C=O) groups excluding carboxylic acids is 1. The Balaban J connectivity index is 2.05. The predicted molar refractivity (Wildman–Crippen MR) is 383 cm³/mol. The van der Waals surface area contributed by atoms with Gasteiger partial charge in [-0.15, -0.1) is 0 Å². The predicted octanol–water partition coefficient (Wildman–Crippen LogP) is 22.5. The average molecular weight is 1260 g/mol. The Bertz CT molecular complexity index is 1500. The Labute approximate surface area is 552 Å². The quantitative estimate of drug-likeness (QED) is 0.0261. The molecule has 9 nitrogen and oxygen atoms in total. The van der Waals surface area contributed by atoms with Crippen LogP contribution >= 0.6 is 0 Å². The monoisotopic (exact) mass is 1260 g/mol. The molecular weight excluding hydrogens is 1100 g/mol. The molecule has 1 heterocycles. The molecule has 0 bridgehead atoms. The second-order valence-electron chi connectivity index (χ2n) is 27.9. The highest BCUT2D eigenvalue weighted by atomic mass is 16.7. The molecule has 0 aromatic heterocycles. The third-order valence-corrected chi connectivity index (χ3v) is 19.2. The van der Waals surface area contributed by atoms with E-state index >= 15 is 0 Å². The number of aliphatic hydroxyl groups excluding tert-OH is 5. The van der Waals surface area contributed by atoms with Gasteiger partial charge in [0.25, 0.3) is 0 Å². The van der Waals surface area contributed by atoms with E-state index in [1.54, 1.807) is 6.08 Å². The number of nitrogens with one attached hydrogen (secondary N) is 1. The van der Waals surface area contributed by atoms with E-state index in [4.69, 9.17) is 9.47 Å². The zero-order valence-electron chi connectivity index (χ0n) is 59.2. The number of amides is 1. The normalized spacial score (nSPS) is 17.9. The zero-order chi connectivity index (χ0) is 64.2. The summed E-state index contributed by atoms with van der Waals surface area (Å²) < 4.78 is 11.3. The molecule has 526 valence electrons. The number of carbonyl (C=O) groups is 1. The Morgan fingerprint density at radius 2 is 0.663 bits per heavy atom. The summed E-state index contributed by atoms with van der Waals surface area (Å²) >= 11 is 0. The van der Waals surface area contributed by atoms with E-state index < -0.39 is 49.5 Å². The number of unbranched alkanes of at least 4 members (excludes halogenated alkanes) is 57. The highest BCUT2D eigenvalue weighted by molar-refractivity contribution is 5.76. The van der Waals surface area contributed by atoms with Crippen LogP contribution in [0.5, 0.6) is 0 Å². The van der Waals surface area contributed by atoms with Crippen molar-refractivity contribution in [1.82, 2.24) is 5.32 Å². The van der Waals surface area contributed by atoms with Gasteiger partial charge in [-0.3, -0.25) is 4.79 Å². The molecular formula is C80H153NO8. The lowest BCUT2D eigenvalue weighted by Gasteiger charge is -2.40. The van der Waals surface area contributed by atoms with Gasteiger partial charge in [-0.2, -0.15) is 0 Å². The lowest BCUT2D eigenvalue weighted by Crippen LogP contribution is -2.60. The van der Waals surface area contributed by atoms with Crippen molar-refractivity contribution < 1.29 is 39.8 Å². The molecule has 1 saturated heterocycles. The zero-order valence-corrected chi connectivity index (χ0v) is 59.2. The van der Waals surface area contributed by atoms with Crippen LogP contribution in [0.25, 0.3) is 0 Å². The third-order valence-electron chi connectivity index (χ3n) is 19.2. The molecule has 7 atom stereocenters. The molecule has 1 rings (SSSR count). The third kappa shape index (κ3) is 57.6. The first kappa shape index (κ1) is 85.4. The van der Waals surface area contributed by atoms with Gasteiger partial charge in [0.2, 0.25) is 5.91 Å². The molecule has 1 aliphatic rings. The summed E-state index contributed by atoms with van der Waals surface area (Å²) in [6.07, 6.45) is 87.2. The molecule has 1 fully saturated rings. The fourth-order valence-electron chi connectivity index (χ4n) is 13.0. The van der Waals surface area contributed by atoms with Crippen LogP contribution in [-0.4, -0.2) is 87.5 Å². The number of ether oxygens (including phenoxy) is 2. The second-order valence-corrected chi connectivity index (χ2v) is 27.9. The first-order chi connectivity index (χ1) is 43.8. The maximum absolute atomic E-state index is 13.2. The van der Waals surface area contributed by atoms with E-state index in [2.05, 4.69) is 43.5 Å². The second kappa shape index (κ2) is 69.2. The molecule has 0 aromatic rings. The first-order valence-corrected chi connectivity index (χ1v) is 39.7. The van der Waals surface area contributed by atoms with Crippen LogP contribution in [0.2, 0.25) is 0 Å². The van der Waals surface area contributed by atoms with Gasteiger partial charge >= 0.3 is 0 Å². The minimum Gasteiger partial charge on any atom is -0.394 e. The molecule has 9 heteroatoms. The topological polar surface area (TPSA) is 149 Å². The molecule has 0 spiro atoms. The lowest BCUT2D eigenvalue weighted by atomic mass is 9.99. The summed E-state index contributed by atoms with van der Waals surface area (Å²) in [5, 5.41) is 54.9. The molecule has 7 unspecified atom stereocenters. The molecule has 0 aromatic carbocycles. The molecule has 89 heavy (non-hydrogen) atoms. The van der Waals surface area contributed by atoms with Crippen molar-refractivity contribution in [3.63, 3.8) is 0 Å². The van der Waals surface area contributed by atoms with Crippen LogP contribution in [0.4, 0.5) is 0 Å². The van der Waals surface area contributed by atoms with Crippen molar-refractivity contribution in [2.24, 2.45) is 0 Å². The lowest BCUT2D eigenvalue weighted by molar-refractivity contribution is -0.302. The SMILES string of the molecule is CCCCCCC/C=C\C/C=C\CCCCCCCCCCCCCCCCCCCCCCCCCCCCCC(=O)NC(COC1OC(CO)C(O)C(O)C1O)C(O)/C=C/CCCCCCCCCCCCCCCCCCCCCCCCCCC. The molecule has 0 saturated carbocycles. The van der Waals surface area contributed by atoms with Gasteiger partial charge in [0, 0.05) is 6.42 Å². The van der Waals surface area contributed by atoms with Crippen molar-refractivity contribution in [1.29, 1.82) is 0 Å². The number of rotatable bonds is 71. The van der Waals surface area contributed by atoms with Crippen LogP contribution in [0.3, 0.4) is 0 Å². The molecule has 6 N–H and O–H groups in total. The van der Waals surface area contributed by atoms with Crippen molar-refractivity contribution in [2.45, 2.75) is 455 Å². The summed E-state index contributed by atoms with van der Waals surface area (Å²) in [5.74, 6) is -0.167. The van der Waals surface area contributed by atoms with E-state index in [1.165, 1.54) is 347 Å². The minimum absolute atomic E-state index is 0.167. The fraction of sp³-hybridized carbons (Fsp3) is 0.912. The minimum atomic E-state index is -1.57. The van der Waals surface area contributed by atoms with E-state index in [9.17, 15) is 30.3 Å². The highest BCUT2D eigenvalue weighted by Gasteiger charge is 2.44. The van der Waals surface area contributed by atoms with E-state index in [0.717, 1.165) is 44.9 Å². The summed E-state index contributed by atoms with van der Waals surface area (Å²) in [5.41, 5.74) is 0. The highest BCUT2D eigenvalue weighted by Crippen LogP contribution is 2.24. The van der Waals surface area contributed by atoms with Gasteiger partial charge < -0.3 is 40.3 Å². The van der Waals surface area contributed by atoms with Crippen molar-refractivity contribution in [2.75, 3.05) is 13.2 Å². The van der Waals surface area contributed by atoms with E-state index in [1.807, 2.05) is 6.08 Å². The van der Waals surface area contributed by atoms with Gasteiger partial charge in [-0.1, -0.05) is 391 Å². The van der Waals surface area contributed by atoms with Gasteiger partial charge in [0.15, 0.2) is 6.29 Å². The van der Waals surface area contributed by atoms with Crippen LogP contribution in [0.15, 0.2) is 36.5 Å². The number of aliphatic hydroxyl groups is 5. The summed E-state index contributed by atoms with van der Waals surface area (Å²) in [4.78, 5) is 13.2. The number of allylic oxidation sites excluding steroid dienone is 5. The standard InChI is InChI=1S/C80H153NO8/c1-3-5-7-9-11-13-15-17-19-21-23-25-27-29-31-32-33-34-35-36-37-38-39-40-41-42-44-46-48-50-52-54-56-58-60-62-64-66-68-70-76(84)81-73(72-88-80-79(87)78(86)77(85)75(71-82)89-80)74(83)69-67-65-63-61-59-57-55-53-51-49-47-45-43-30-28-26-24-22-20-18-16-14-12-10-8-6-4-2/h15,17,21,23,67,69,73-75,77-80,82-83,85-87H,3-14,16,18-20,22,24-66,68,70-72H2,1-2H3,(H,81,84)/b17-15-,23-21-,69-67+. The van der Waals surface area contributed by atoms with Crippen molar-refractivity contribution >= 4 is 5.91 Å². The summed E-state index contributed by atoms with van der Waals surface area (Å²) in [6.45, 7) is 3.83. The average Bonchev–Trinajstić information content (AvgIpc) is 2.42. The van der Waals surface area contributed by atoms with Gasteiger partial charge in [0.05, 0.1) is 25.4 Å². The van der Waals surface area contributed by atoms with Gasteiger partial charge in [-0.25, -0.2) is 0 Å². The first-order valence-electron chi connectivity index (χ1n) is 39.7. The summed E-state index contributed by atoms with van der Waals surface area (Å²) in [6, 6.07) is -0.805. The van der Waals surface area contributed by atoms with E-state index in [-0.39, 0.29) is 12.5 Å². The Morgan fingerprint density at radius 3 is 0.966 bits per heavy atom. The molecule has 1 aliphatic heterocycles. The Kier molecular flexibility index (Phi) is 66.5. The van der Waals surface area contributed by atoms with Crippen LogP contribution in [-0.2, 0) is 14.3 Å². The fourth-order valence-corrected chi connectivity index (χ4v) is 13.0. The Morgan fingerprint density at radius 1 is 0.382 bits per heavy atom. The smallest absolute Gasteiger partial charge is 0.220 e. The maximum atomic E-state index is 13.2. The van der Waals surface area contributed by atoms with Crippen LogP contribution in [0.1, 0.15) is 412 Å². The summed E-state index contributed by atoms with van der Waals surface area (Å²) in [7, 11) is 0. The molecule has 1 amide bonds. The van der Waals surface area contributed by atoms with Crippen LogP contribution < -0.4 is 5.32 Å². The van der Waals surface area contributed by atoms with Gasteiger partial charge in [0.1, 0.15) is 24.4 Å². The van der Waals surface area contributed by atoms with E-state index in [0.29, 0.717) is 6.42 Å². The molecule has 0 aliphatic carbocycles. The number of hydrogen-bond acceptors (Lipinski definition) is 8. The Hall–Kier alpha value is -1.59. The van der Waals surface area contributed by atoms with Crippen LogP contribution in [0, 0.1) is 0 Å². The maximum Gasteiger partial charge on any atom is 0.220 e. The largest absolute Gasteiger partial charge is 0.394 e.